The average molecular weight is 408 g/mol. The maximum absolute atomic E-state index is 12.9. The van der Waals surface area contributed by atoms with Crippen LogP contribution in [0.1, 0.15) is 16.3 Å². The van der Waals surface area contributed by atoms with Crippen LogP contribution < -0.4 is 0 Å². The van der Waals surface area contributed by atoms with E-state index in [0.29, 0.717) is 18.0 Å². The monoisotopic (exact) mass is 408 g/mol. The van der Waals surface area contributed by atoms with Gasteiger partial charge in [0, 0.05) is 43.2 Å². The van der Waals surface area contributed by atoms with Crippen molar-refractivity contribution in [1.82, 2.24) is 19.9 Å². The van der Waals surface area contributed by atoms with E-state index in [2.05, 4.69) is 37.5 Å². The lowest BCUT2D eigenvalue weighted by molar-refractivity contribution is -0.137. The van der Waals surface area contributed by atoms with E-state index in [1.54, 1.807) is 17.4 Å². The van der Waals surface area contributed by atoms with Crippen molar-refractivity contribution in [2.45, 2.75) is 19.3 Å². The molecule has 1 aliphatic rings. The van der Waals surface area contributed by atoms with Crippen molar-refractivity contribution in [3.8, 4) is 11.4 Å². The highest BCUT2D eigenvalue weighted by atomic mass is 32.1. The van der Waals surface area contributed by atoms with Crippen molar-refractivity contribution in [1.29, 1.82) is 0 Å². The molecule has 1 saturated heterocycles. The minimum atomic E-state index is -4.40. The van der Waals surface area contributed by atoms with Crippen LogP contribution in [-0.2, 0) is 19.3 Å². The second kappa shape index (κ2) is 8.02. The standard InChI is InChI=1S/C19H19F3N4OS/c20-19(21,22)15-4-1-3-14(11-15)18-23-17(27-24-18)13-26-8-6-25(7-9-26)12-16-5-2-10-28-16/h1-5,10-11H,6-9,12-13H2. The molecule has 0 spiro atoms. The van der Waals surface area contributed by atoms with E-state index in [-0.39, 0.29) is 5.82 Å². The van der Waals surface area contributed by atoms with Crippen LogP contribution in [0.4, 0.5) is 13.2 Å². The van der Waals surface area contributed by atoms with Crippen LogP contribution in [0.15, 0.2) is 46.3 Å². The van der Waals surface area contributed by atoms with Gasteiger partial charge in [-0.2, -0.15) is 18.2 Å². The van der Waals surface area contributed by atoms with Crippen molar-refractivity contribution in [2.24, 2.45) is 0 Å². The molecule has 28 heavy (non-hydrogen) atoms. The third kappa shape index (κ3) is 4.60. The van der Waals surface area contributed by atoms with Crippen LogP contribution >= 0.6 is 11.3 Å². The Morgan fingerprint density at radius 3 is 2.43 bits per heavy atom. The van der Waals surface area contributed by atoms with Gasteiger partial charge in [-0.15, -0.1) is 11.3 Å². The van der Waals surface area contributed by atoms with E-state index >= 15 is 0 Å². The molecule has 0 atom stereocenters. The Hall–Kier alpha value is -2.23. The number of hydrogen-bond donors (Lipinski definition) is 0. The number of alkyl halides is 3. The summed E-state index contributed by atoms with van der Waals surface area (Å²) < 4.78 is 43.9. The van der Waals surface area contributed by atoms with Gasteiger partial charge >= 0.3 is 6.18 Å². The Kier molecular flexibility index (Phi) is 5.47. The number of thiophene rings is 1. The summed E-state index contributed by atoms with van der Waals surface area (Å²) in [6.07, 6.45) is -4.40. The average Bonchev–Trinajstić information content (AvgIpc) is 3.35. The summed E-state index contributed by atoms with van der Waals surface area (Å²) in [6.45, 7) is 5.13. The quantitative estimate of drug-likeness (QED) is 0.635. The Bertz CT molecular complexity index is 902. The minimum Gasteiger partial charge on any atom is -0.338 e. The van der Waals surface area contributed by atoms with Crippen molar-refractivity contribution in [3.05, 3.63) is 58.1 Å². The van der Waals surface area contributed by atoms with E-state index in [0.717, 1.165) is 44.9 Å². The van der Waals surface area contributed by atoms with E-state index in [9.17, 15) is 13.2 Å². The predicted octanol–water partition coefficient (Wildman–Crippen LogP) is 4.13. The first-order chi connectivity index (χ1) is 13.5. The number of rotatable bonds is 5. The van der Waals surface area contributed by atoms with E-state index in [4.69, 9.17) is 4.52 Å². The van der Waals surface area contributed by atoms with Gasteiger partial charge in [0.15, 0.2) is 0 Å². The molecule has 0 radical (unpaired) electrons. The highest BCUT2D eigenvalue weighted by Crippen LogP contribution is 2.31. The first kappa shape index (κ1) is 19.1. The van der Waals surface area contributed by atoms with E-state index in [1.807, 2.05) is 0 Å². The van der Waals surface area contributed by atoms with Crippen LogP contribution in [0, 0.1) is 0 Å². The lowest BCUT2D eigenvalue weighted by Gasteiger charge is -2.33. The van der Waals surface area contributed by atoms with E-state index < -0.39 is 11.7 Å². The van der Waals surface area contributed by atoms with Crippen molar-refractivity contribution in [2.75, 3.05) is 26.2 Å². The summed E-state index contributed by atoms with van der Waals surface area (Å²) in [5.41, 5.74) is -0.427. The Balaban J connectivity index is 1.34. The van der Waals surface area contributed by atoms with Gasteiger partial charge in [0.2, 0.25) is 11.7 Å². The third-order valence-electron chi connectivity index (χ3n) is 4.70. The van der Waals surface area contributed by atoms with Gasteiger partial charge < -0.3 is 4.52 Å². The number of aromatic nitrogens is 2. The molecule has 0 N–H and O–H groups in total. The molecule has 0 saturated carbocycles. The maximum Gasteiger partial charge on any atom is 0.416 e. The smallest absolute Gasteiger partial charge is 0.338 e. The van der Waals surface area contributed by atoms with Crippen LogP contribution in [0.5, 0.6) is 0 Å². The molecule has 2 aromatic heterocycles. The highest BCUT2D eigenvalue weighted by molar-refractivity contribution is 7.09. The first-order valence-corrected chi connectivity index (χ1v) is 9.83. The van der Waals surface area contributed by atoms with Gasteiger partial charge in [-0.05, 0) is 23.6 Å². The zero-order chi connectivity index (χ0) is 19.6. The van der Waals surface area contributed by atoms with Crippen molar-refractivity contribution >= 4 is 11.3 Å². The Morgan fingerprint density at radius 2 is 1.75 bits per heavy atom. The Labute approximate surface area is 164 Å². The van der Waals surface area contributed by atoms with Crippen molar-refractivity contribution in [3.63, 3.8) is 0 Å². The van der Waals surface area contributed by atoms with Gasteiger partial charge in [-0.1, -0.05) is 23.4 Å². The fourth-order valence-electron chi connectivity index (χ4n) is 3.19. The predicted molar refractivity (Wildman–Crippen MR) is 99.6 cm³/mol. The summed E-state index contributed by atoms with van der Waals surface area (Å²) in [6, 6.07) is 9.17. The van der Waals surface area contributed by atoms with E-state index in [1.165, 1.54) is 10.9 Å². The lowest BCUT2D eigenvalue weighted by atomic mass is 10.1. The highest BCUT2D eigenvalue weighted by Gasteiger charge is 2.30. The number of nitrogens with zero attached hydrogens (tertiary/aromatic N) is 4. The Morgan fingerprint density at radius 1 is 1.00 bits per heavy atom. The zero-order valence-electron chi connectivity index (χ0n) is 15.0. The van der Waals surface area contributed by atoms with Gasteiger partial charge in [0.1, 0.15) is 0 Å². The normalized spacial score (nSPS) is 16.5. The first-order valence-electron chi connectivity index (χ1n) is 8.95. The lowest BCUT2D eigenvalue weighted by Crippen LogP contribution is -2.45. The summed E-state index contributed by atoms with van der Waals surface area (Å²) in [5, 5.41) is 5.94. The van der Waals surface area contributed by atoms with Crippen LogP contribution in [0.3, 0.4) is 0 Å². The van der Waals surface area contributed by atoms with Gasteiger partial charge in [-0.25, -0.2) is 0 Å². The maximum atomic E-state index is 12.9. The summed E-state index contributed by atoms with van der Waals surface area (Å²) in [4.78, 5) is 10.3. The van der Waals surface area contributed by atoms with Gasteiger partial charge in [-0.3, -0.25) is 9.80 Å². The summed E-state index contributed by atoms with van der Waals surface area (Å²) in [5.74, 6) is 0.594. The fourth-order valence-corrected chi connectivity index (χ4v) is 3.94. The summed E-state index contributed by atoms with van der Waals surface area (Å²) in [7, 11) is 0. The largest absolute Gasteiger partial charge is 0.416 e. The molecule has 148 valence electrons. The van der Waals surface area contributed by atoms with Crippen LogP contribution in [0.2, 0.25) is 0 Å². The van der Waals surface area contributed by atoms with Crippen molar-refractivity contribution < 1.29 is 17.7 Å². The SMILES string of the molecule is FC(F)(F)c1cccc(-c2noc(CN3CCN(Cc4cccs4)CC3)n2)c1. The molecule has 0 bridgehead atoms. The molecular weight excluding hydrogens is 389 g/mol. The number of benzene rings is 1. The fraction of sp³-hybridized carbons (Fsp3) is 0.368. The number of piperazine rings is 1. The molecule has 5 nitrogen and oxygen atoms in total. The molecule has 1 aliphatic heterocycles. The second-order valence-electron chi connectivity index (χ2n) is 6.72. The molecule has 0 unspecified atom stereocenters. The molecule has 0 amide bonds. The number of hydrogen-bond acceptors (Lipinski definition) is 6. The minimum absolute atomic E-state index is 0.178. The molecule has 0 aliphatic carbocycles. The van der Waals surface area contributed by atoms with Crippen LogP contribution in [-0.4, -0.2) is 46.1 Å². The molecule has 1 fully saturated rings. The number of halogens is 3. The van der Waals surface area contributed by atoms with Gasteiger partial charge in [0.05, 0.1) is 12.1 Å². The van der Waals surface area contributed by atoms with Gasteiger partial charge in [0.25, 0.3) is 0 Å². The topological polar surface area (TPSA) is 45.4 Å². The molecule has 1 aromatic carbocycles. The molecule has 3 heterocycles. The molecule has 9 heteroatoms. The van der Waals surface area contributed by atoms with Crippen LogP contribution in [0.25, 0.3) is 11.4 Å². The molecule has 4 rings (SSSR count). The second-order valence-corrected chi connectivity index (χ2v) is 7.75. The molecule has 3 aromatic rings. The summed E-state index contributed by atoms with van der Waals surface area (Å²) >= 11 is 1.76. The molecular formula is C19H19F3N4OS. The zero-order valence-corrected chi connectivity index (χ0v) is 15.8. The third-order valence-corrected chi connectivity index (χ3v) is 5.56.